The van der Waals surface area contributed by atoms with E-state index in [9.17, 15) is 8.42 Å². The SMILES string of the molecule is CC1(CCNS(=O)(=O)c2ccc3c(c2)OCCO3)OCCO1. The van der Waals surface area contributed by atoms with Crippen LogP contribution in [0.1, 0.15) is 13.3 Å². The van der Waals surface area contributed by atoms with Gasteiger partial charge in [0, 0.05) is 19.0 Å². The molecule has 0 saturated carbocycles. The van der Waals surface area contributed by atoms with Crippen LogP contribution in [0, 0.1) is 0 Å². The van der Waals surface area contributed by atoms with E-state index >= 15 is 0 Å². The van der Waals surface area contributed by atoms with E-state index in [-0.39, 0.29) is 11.4 Å². The average Bonchev–Trinajstić information content (AvgIpc) is 2.93. The molecule has 0 unspecified atom stereocenters. The second kappa shape index (κ2) is 6.04. The van der Waals surface area contributed by atoms with E-state index in [2.05, 4.69) is 4.72 Å². The first-order chi connectivity index (χ1) is 10.5. The number of nitrogens with one attached hydrogen (secondary N) is 1. The van der Waals surface area contributed by atoms with Crippen LogP contribution in [0.5, 0.6) is 11.5 Å². The Labute approximate surface area is 129 Å². The van der Waals surface area contributed by atoms with Crippen molar-refractivity contribution in [3.8, 4) is 11.5 Å². The van der Waals surface area contributed by atoms with E-state index in [1.165, 1.54) is 12.1 Å². The maximum absolute atomic E-state index is 12.3. The lowest BCUT2D eigenvalue weighted by atomic mass is 10.2. The molecule has 1 aromatic rings. The molecule has 2 aliphatic heterocycles. The van der Waals surface area contributed by atoms with Gasteiger partial charge in [-0.2, -0.15) is 0 Å². The molecule has 0 aromatic heterocycles. The molecular formula is C14H19NO6S. The Morgan fingerprint density at radius 3 is 2.50 bits per heavy atom. The fraction of sp³-hybridized carbons (Fsp3) is 0.571. The molecule has 1 saturated heterocycles. The maximum Gasteiger partial charge on any atom is 0.240 e. The lowest BCUT2D eigenvalue weighted by Gasteiger charge is -2.22. The first-order valence-electron chi connectivity index (χ1n) is 7.16. The third-order valence-electron chi connectivity index (χ3n) is 3.59. The van der Waals surface area contributed by atoms with Gasteiger partial charge in [-0.25, -0.2) is 13.1 Å². The smallest absolute Gasteiger partial charge is 0.240 e. The van der Waals surface area contributed by atoms with Gasteiger partial charge in [0.25, 0.3) is 0 Å². The van der Waals surface area contributed by atoms with Crippen LogP contribution in [-0.4, -0.2) is 47.2 Å². The zero-order valence-electron chi connectivity index (χ0n) is 12.3. The highest BCUT2D eigenvalue weighted by atomic mass is 32.2. The van der Waals surface area contributed by atoms with E-state index in [0.29, 0.717) is 44.3 Å². The van der Waals surface area contributed by atoms with Crippen molar-refractivity contribution in [3.63, 3.8) is 0 Å². The molecule has 22 heavy (non-hydrogen) atoms. The number of fused-ring (bicyclic) bond motifs is 1. The van der Waals surface area contributed by atoms with Gasteiger partial charge in [-0.3, -0.25) is 0 Å². The van der Waals surface area contributed by atoms with E-state index in [0.717, 1.165) is 0 Å². The van der Waals surface area contributed by atoms with Crippen molar-refractivity contribution in [1.29, 1.82) is 0 Å². The second-order valence-corrected chi connectivity index (χ2v) is 7.05. The highest BCUT2D eigenvalue weighted by molar-refractivity contribution is 7.89. The van der Waals surface area contributed by atoms with E-state index in [1.807, 2.05) is 0 Å². The van der Waals surface area contributed by atoms with Crippen molar-refractivity contribution in [2.75, 3.05) is 33.0 Å². The molecule has 0 atom stereocenters. The summed E-state index contributed by atoms with van der Waals surface area (Å²) in [4.78, 5) is 0.148. The molecule has 0 radical (unpaired) electrons. The zero-order valence-corrected chi connectivity index (χ0v) is 13.1. The van der Waals surface area contributed by atoms with Gasteiger partial charge in [0.2, 0.25) is 10.0 Å². The van der Waals surface area contributed by atoms with Gasteiger partial charge in [0.1, 0.15) is 13.2 Å². The number of benzene rings is 1. The molecular weight excluding hydrogens is 310 g/mol. The highest BCUT2D eigenvalue weighted by Gasteiger charge is 2.31. The summed E-state index contributed by atoms with van der Waals surface area (Å²) in [5.74, 6) is 0.295. The standard InChI is InChI=1S/C14H19NO6S/c1-14(20-8-9-21-14)4-5-15-22(16,17)11-2-3-12-13(10-11)19-7-6-18-12/h2-3,10,15H,4-9H2,1H3. The summed E-state index contributed by atoms with van der Waals surface area (Å²) in [6, 6.07) is 4.58. The molecule has 0 spiro atoms. The van der Waals surface area contributed by atoms with E-state index in [4.69, 9.17) is 18.9 Å². The van der Waals surface area contributed by atoms with Crippen molar-refractivity contribution in [3.05, 3.63) is 18.2 Å². The Kier molecular flexibility index (Phi) is 4.26. The van der Waals surface area contributed by atoms with Crippen LogP contribution in [0.3, 0.4) is 0 Å². The zero-order chi connectivity index (χ0) is 15.6. The molecule has 2 heterocycles. The Balaban J connectivity index is 1.65. The van der Waals surface area contributed by atoms with Crippen LogP contribution in [0.2, 0.25) is 0 Å². The van der Waals surface area contributed by atoms with Crippen molar-refractivity contribution in [2.24, 2.45) is 0 Å². The summed E-state index contributed by atoms with van der Waals surface area (Å²) < 4.78 is 48.8. The first-order valence-corrected chi connectivity index (χ1v) is 8.64. The maximum atomic E-state index is 12.3. The molecule has 3 rings (SSSR count). The Bertz CT molecular complexity index is 639. The Morgan fingerprint density at radius 1 is 1.09 bits per heavy atom. The predicted octanol–water partition coefficient (Wildman–Crippen LogP) is 0.889. The van der Waals surface area contributed by atoms with Gasteiger partial charge in [-0.1, -0.05) is 0 Å². The van der Waals surface area contributed by atoms with Crippen LogP contribution >= 0.6 is 0 Å². The third kappa shape index (κ3) is 3.35. The van der Waals surface area contributed by atoms with Crippen molar-refractivity contribution in [1.82, 2.24) is 4.72 Å². The summed E-state index contributed by atoms with van der Waals surface area (Å²) in [6.45, 7) is 3.98. The summed E-state index contributed by atoms with van der Waals surface area (Å²) in [7, 11) is -3.61. The average molecular weight is 329 g/mol. The highest BCUT2D eigenvalue weighted by Crippen LogP contribution is 2.32. The molecule has 122 valence electrons. The number of hydrogen-bond acceptors (Lipinski definition) is 6. The monoisotopic (exact) mass is 329 g/mol. The molecule has 7 nitrogen and oxygen atoms in total. The first kappa shape index (κ1) is 15.5. The van der Waals surface area contributed by atoms with Crippen molar-refractivity contribution in [2.45, 2.75) is 24.0 Å². The fourth-order valence-electron chi connectivity index (χ4n) is 2.39. The van der Waals surface area contributed by atoms with Crippen LogP contribution in [-0.2, 0) is 19.5 Å². The minimum atomic E-state index is -3.61. The molecule has 1 aromatic carbocycles. The predicted molar refractivity (Wildman–Crippen MR) is 77.5 cm³/mol. The molecule has 1 fully saturated rings. The topological polar surface area (TPSA) is 83.1 Å². The second-order valence-electron chi connectivity index (χ2n) is 5.28. The lowest BCUT2D eigenvalue weighted by molar-refractivity contribution is -0.145. The number of rotatable bonds is 5. The molecule has 8 heteroatoms. The van der Waals surface area contributed by atoms with Gasteiger partial charge in [-0.15, -0.1) is 0 Å². The molecule has 2 aliphatic rings. The molecule has 1 N–H and O–H groups in total. The van der Waals surface area contributed by atoms with Crippen LogP contribution in [0.15, 0.2) is 23.1 Å². The minimum absolute atomic E-state index is 0.148. The van der Waals surface area contributed by atoms with Gasteiger partial charge in [-0.05, 0) is 19.1 Å². The molecule has 0 amide bonds. The van der Waals surface area contributed by atoms with Gasteiger partial charge in [0.15, 0.2) is 17.3 Å². The number of sulfonamides is 1. The Morgan fingerprint density at radius 2 is 1.77 bits per heavy atom. The molecule has 0 bridgehead atoms. The summed E-state index contributed by atoms with van der Waals surface area (Å²) in [5.41, 5.74) is 0. The largest absolute Gasteiger partial charge is 0.486 e. The normalized spacial score (nSPS) is 20.0. The van der Waals surface area contributed by atoms with Crippen molar-refractivity contribution >= 4 is 10.0 Å². The van der Waals surface area contributed by atoms with E-state index < -0.39 is 15.8 Å². The van der Waals surface area contributed by atoms with Crippen LogP contribution < -0.4 is 14.2 Å². The number of ether oxygens (including phenoxy) is 4. The van der Waals surface area contributed by atoms with Crippen LogP contribution in [0.4, 0.5) is 0 Å². The van der Waals surface area contributed by atoms with Gasteiger partial charge in [0.05, 0.1) is 18.1 Å². The van der Waals surface area contributed by atoms with Gasteiger partial charge >= 0.3 is 0 Å². The third-order valence-corrected chi connectivity index (χ3v) is 5.05. The summed E-state index contributed by atoms with van der Waals surface area (Å²) in [6.07, 6.45) is 0.441. The minimum Gasteiger partial charge on any atom is -0.486 e. The summed E-state index contributed by atoms with van der Waals surface area (Å²) >= 11 is 0. The van der Waals surface area contributed by atoms with Crippen molar-refractivity contribution < 1.29 is 27.4 Å². The lowest BCUT2D eigenvalue weighted by Crippen LogP contribution is -2.33. The van der Waals surface area contributed by atoms with E-state index in [1.54, 1.807) is 13.0 Å². The Hall–Kier alpha value is -1.35. The summed E-state index contributed by atoms with van der Waals surface area (Å²) in [5, 5.41) is 0. The fourth-order valence-corrected chi connectivity index (χ4v) is 3.43. The van der Waals surface area contributed by atoms with Gasteiger partial charge < -0.3 is 18.9 Å². The number of hydrogen-bond donors (Lipinski definition) is 1. The molecule has 0 aliphatic carbocycles. The quantitative estimate of drug-likeness (QED) is 0.864. The van der Waals surface area contributed by atoms with Crippen LogP contribution in [0.25, 0.3) is 0 Å².